The second-order valence-electron chi connectivity index (χ2n) is 4.94. The van der Waals surface area contributed by atoms with E-state index in [0.717, 1.165) is 4.90 Å². The van der Waals surface area contributed by atoms with Crippen LogP contribution in [-0.4, -0.2) is 29.4 Å². The molecule has 1 heterocycles. The molecule has 1 saturated heterocycles. The van der Waals surface area contributed by atoms with Crippen LogP contribution in [0.5, 0.6) is 0 Å². The number of amides is 3. The second kappa shape index (κ2) is 5.24. The molecule has 1 aromatic carbocycles. The number of carbonyl (C=O) groups is 2. The summed E-state index contributed by atoms with van der Waals surface area (Å²) in [7, 11) is 0. The number of nitrogens with two attached hydrogens (primary N) is 1. The third-order valence-electron chi connectivity index (χ3n) is 3.47. The molecule has 1 aromatic rings. The van der Waals surface area contributed by atoms with Crippen molar-refractivity contribution in [1.29, 1.82) is 0 Å². The van der Waals surface area contributed by atoms with Gasteiger partial charge in [-0.3, -0.25) is 9.69 Å². The summed E-state index contributed by atoms with van der Waals surface area (Å²) in [5, 5.41) is 3.47. The summed E-state index contributed by atoms with van der Waals surface area (Å²) in [5.74, 6) is -0.371. The molecule has 3 N–H and O–H groups in total. The van der Waals surface area contributed by atoms with E-state index in [-0.39, 0.29) is 18.5 Å². The molecule has 2 rings (SSSR count). The van der Waals surface area contributed by atoms with Gasteiger partial charge in [0.05, 0.1) is 6.04 Å². The number of benzene rings is 1. The van der Waals surface area contributed by atoms with Gasteiger partial charge in [-0.25, -0.2) is 4.79 Å². The van der Waals surface area contributed by atoms with Crippen LogP contribution in [-0.2, 0) is 10.3 Å². The van der Waals surface area contributed by atoms with Gasteiger partial charge in [-0.05, 0) is 26.0 Å². The molecule has 0 saturated carbocycles. The van der Waals surface area contributed by atoms with Crippen molar-refractivity contribution in [2.75, 3.05) is 6.54 Å². The minimum Gasteiger partial charge on any atom is -0.328 e. The highest BCUT2D eigenvalue weighted by molar-refractivity contribution is 6.35. The van der Waals surface area contributed by atoms with E-state index in [4.69, 9.17) is 28.9 Å². The smallest absolute Gasteiger partial charge is 0.325 e. The number of hydrogen-bond donors (Lipinski definition) is 2. The largest absolute Gasteiger partial charge is 0.328 e. The van der Waals surface area contributed by atoms with E-state index in [1.807, 2.05) is 0 Å². The molecule has 0 bridgehead atoms. The van der Waals surface area contributed by atoms with E-state index in [1.54, 1.807) is 26.0 Å². The molecule has 0 aliphatic carbocycles. The van der Waals surface area contributed by atoms with Gasteiger partial charge in [0.15, 0.2) is 0 Å². The van der Waals surface area contributed by atoms with Gasteiger partial charge in [0.2, 0.25) is 0 Å². The van der Waals surface area contributed by atoms with Crippen LogP contribution in [0.2, 0.25) is 10.0 Å². The van der Waals surface area contributed by atoms with Gasteiger partial charge in [0.1, 0.15) is 5.54 Å². The van der Waals surface area contributed by atoms with Crippen molar-refractivity contribution in [1.82, 2.24) is 10.2 Å². The fourth-order valence-electron chi connectivity index (χ4n) is 2.24. The number of carbonyl (C=O) groups excluding carboxylic acids is 2. The maximum Gasteiger partial charge on any atom is 0.325 e. The zero-order valence-electron chi connectivity index (χ0n) is 11.1. The molecule has 20 heavy (non-hydrogen) atoms. The van der Waals surface area contributed by atoms with Crippen LogP contribution in [0.3, 0.4) is 0 Å². The molecule has 1 fully saturated rings. The van der Waals surface area contributed by atoms with Crippen molar-refractivity contribution >= 4 is 35.1 Å². The van der Waals surface area contributed by atoms with Crippen LogP contribution in [0.4, 0.5) is 4.79 Å². The lowest BCUT2D eigenvalue weighted by Gasteiger charge is -2.25. The van der Waals surface area contributed by atoms with Gasteiger partial charge in [0, 0.05) is 22.2 Å². The quantitative estimate of drug-likeness (QED) is 0.839. The van der Waals surface area contributed by atoms with Gasteiger partial charge in [-0.15, -0.1) is 0 Å². The first-order chi connectivity index (χ1) is 9.31. The molecule has 0 radical (unpaired) electrons. The molecular weight excluding hydrogens is 301 g/mol. The highest BCUT2D eigenvalue weighted by Crippen LogP contribution is 2.35. The number of nitrogens with one attached hydrogen (secondary N) is 1. The Bertz CT molecular complexity index is 579. The molecule has 1 aliphatic heterocycles. The lowest BCUT2D eigenvalue weighted by molar-refractivity contribution is -0.132. The van der Waals surface area contributed by atoms with Crippen LogP contribution in [0, 0.1) is 0 Å². The van der Waals surface area contributed by atoms with Crippen LogP contribution in [0.1, 0.15) is 19.4 Å². The molecule has 5 nitrogen and oxygen atoms in total. The zero-order chi connectivity index (χ0) is 15.1. The average molecular weight is 316 g/mol. The average Bonchev–Trinajstić information content (AvgIpc) is 2.59. The third-order valence-corrected chi connectivity index (χ3v) is 4.02. The molecule has 1 aliphatic rings. The Hall–Kier alpha value is -1.30. The molecule has 7 heteroatoms. The first kappa shape index (κ1) is 15.1. The van der Waals surface area contributed by atoms with Crippen LogP contribution in [0.15, 0.2) is 18.2 Å². The molecule has 108 valence electrons. The number of rotatable bonds is 3. The normalized spacial score (nSPS) is 23.9. The van der Waals surface area contributed by atoms with Crippen molar-refractivity contribution in [3.05, 3.63) is 33.8 Å². The predicted octanol–water partition coefficient (Wildman–Crippen LogP) is 2.11. The fraction of sp³-hybridized carbons (Fsp3) is 0.385. The monoisotopic (exact) mass is 315 g/mol. The number of nitrogens with zero attached hydrogens (tertiary/aromatic N) is 1. The van der Waals surface area contributed by atoms with Crippen LogP contribution < -0.4 is 11.1 Å². The second-order valence-corrected chi connectivity index (χ2v) is 5.78. The topological polar surface area (TPSA) is 75.4 Å². The minimum absolute atomic E-state index is 0.198. The standard InChI is InChI=1S/C13H15Cl2N3O2/c1-7(6-16)18-11(19)13(2,17-12(18)20)9-4-3-8(14)5-10(9)15/h3-5,7H,6,16H2,1-2H3,(H,17,20). The Morgan fingerprint density at radius 3 is 2.60 bits per heavy atom. The van der Waals surface area contributed by atoms with Gasteiger partial charge in [-0.1, -0.05) is 29.3 Å². The Morgan fingerprint density at radius 1 is 1.40 bits per heavy atom. The van der Waals surface area contributed by atoms with Crippen molar-refractivity contribution in [3.8, 4) is 0 Å². The SMILES string of the molecule is CC(CN)N1C(=O)NC(C)(c2ccc(Cl)cc2Cl)C1=O. The maximum absolute atomic E-state index is 12.6. The molecule has 0 spiro atoms. The van der Waals surface area contributed by atoms with Crippen molar-refractivity contribution < 1.29 is 9.59 Å². The summed E-state index contributed by atoms with van der Waals surface area (Å²) in [6, 6.07) is 3.96. The summed E-state index contributed by atoms with van der Waals surface area (Å²) < 4.78 is 0. The Balaban J connectivity index is 2.46. The van der Waals surface area contributed by atoms with E-state index in [0.29, 0.717) is 15.6 Å². The Morgan fingerprint density at radius 2 is 2.05 bits per heavy atom. The van der Waals surface area contributed by atoms with E-state index in [9.17, 15) is 9.59 Å². The zero-order valence-corrected chi connectivity index (χ0v) is 12.6. The van der Waals surface area contributed by atoms with E-state index >= 15 is 0 Å². The van der Waals surface area contributed by atoms with Gasteiger partial charge >= 0.3 is 6.03 Å². The van der Waals surface area contributed by atoms with Gasteiger partial charge in [-0.2, -0.15) is 0 Å². The highest BCUT2D eigenvalue weighted by Gasteiger charge is 2.51. The first-order valence-corrected chi connectivity index (χ1v) is 6.88. The fourth-order valence-corrected chi connectivity index (χ4v) is 2.84. The maximum atomic E-state index is 12.6. The molecule has 3 amide bonds. The summed E-state index contributed by atoms with van der Waals surface area (Å²) in [5.41, 5.74) is 4.84. The minimum atomic E-state index is -1.21. The van der Waals surface area contributed by atoms with E-state index < -0.39 is 11.6 Å². The summed E-state index contributed by atoms with van der Waals surface area (Å²) in [6.45, 7) is 3.53. The van der Waals surface area contributed by atoms with Gasteiger partial charge in [0.25, 0.3) is 5.91 Å². The number of urea groups is 1. The van der Waals surface area contributed by atoms with E-state index in [2.05, 4.69) is 5.32 Å². The van der Waals surface area contributed by atoms with Crippen LogP contribution >= 0.6 is 23.2 Å². The predicted molar refractivity (Wildman–Crippen MR) is 77.7 cm³/mol. The van der Waals surface area contributed by atoms with Gasteiger partial charge < -0.3 is 11.1 Å². The first-order valence-electron chi connectivity index (χ1n) is 6.12. The van der Waals surface area contributed by atoms with Crippen molar-refractivity contribution in [2.45, 2.75) is 25.4 Å². The number of halogens is 2. The molecule has 0 aromatic heterocycles. The Kier molecular flexibility index (Phi) is 3.95. The lowest BCUT2D eigenvalue weighted by Crippen LogP contribution is -2.45. The molecular formula is C13H15Cl2N3O2. The number of imide groups is 1. The molecule has 2 atom stereocenters. The lowest BCUT2D eigenvalue weighted by atomic mass is 9.91. The van der Waals surface area contributed by atoms with E-state index in [1.165, 1.54) is 6.07 Å². The summed E-state index contributed by atoms with van der Waals surface area (Å²) in [4.78, 5) is 25.7. The van der Waals surface area contributed by atoms with Crippen molar-refractivity contribution in [2.24, 2.45) is 5.73 Å². The third kappa shape index (κ3) is 2.26. The highest BCUT2D eigenvalue weighted by atomic mass is 35.5. The van der Waals surface area contributed by atoms with Crippen molar-refractivity contribution in [3.63, 3.8) is 0 Å². The Labute approximate surface area is 127 Å². The number of hydrogen-bond acceptors (Lipinski definition) is 3. The summed E-state index contributed by atoms with van der Waals surface area (Å²) in [6.07, 6.45) is 0. The van der Waals surface area contributed by atoms with Crippen LogP contribution in [0.25, 0.3) is 0 Å². The molecule has 2 unspecified atom stereocenters. The summed E-state index contributed by atoms with van der Waals surface area (Å²) >= 11 is 12.0.